The predicted molar refractivity (Wildman–Crippen MR) is 105 cm³/mol. The Kier molecular flexibility index (Phi) is 6.57. The summed E-state index contributed by atoms with van der Waals surface area (Å²) >= 11 is 1.10. The normalized spacial score (nSPS) is 13.2. The van der Waals surface area contributed by atoms with Gasteiger partial charge < -0.3 is 11.1 Å². The molecule has 2 aromatic rings. The lowest BCUT2D eigenvalue weighted by atomic mass is 9.99. The van der Waals surface area contributed by atoms with Crippen LogP contribution in [-0.4, -0.2) is 39.3 Å². The van der Waals surface area contributed by atoms with Crippen molar-refractivity contribution in [2.24, 2.45) is 5.73 Å². The van der Waals surface area contributed by atoms with Crippen LogP contribution in [0.15, 0.2) is 40.6 Å². The summed E-state index contributed by atoms with van der Waals surface area (Å²) < 4.78 is 25.7. The number of hydrogen-bond acceptors (Lipinski definition) is 5. The standard InChI is InChI=1S/C18H25N3O3S2/c1-12(2)13-5-7-14(8-6-13)15(19)11-20-18(22)17-16(9-10-25-17)26(23,24)21(3)4/h5-10,12,15H,11,19H2,1-4H3,(H,20,22). The molecule has 0 aliphatic rings. The van der Waals surface area contributed by atoms with Gasteiger partial charge in [0.25, 0.3) is 5.91 Å². The van der Waals surface area contributed by atoms with Gasteiger partial charge in [0.15, 0.2) is 0 Å². The number of nitrogens with two attached hydrogens (primary N) is 1. The van der Waals surface area contributed by atoms with Gasteiger partial charge in [-0.2, -0.15) is 0 Å². The lowest BCUT2D eigenvalue weighted by molar-refractivity contribution is 0.0952. The molecule has 0 saturated carbocycles. The van der Waals surface area contributed by atoms with Crippen LogP contribution in [0.2, 0.25) is 0 Å². The van der Waals surface area contributed by atoms with Gasteiger partial charge in [0.1, 0.15) is 9.77 Å². The minimum absolute atomic E-state index is 0.0138. The van der Waals surface area contributed by atoms with Crippen molar-refractivity contribution < 1.29 is 13.2 Å². The van der Waals surface area contributed by atoms with Crippen molar-refractivity contribution in [3.8, 4) is 0 Å². The Hall–Kier alpha value is -1.74. The summed E-state index contributed by atoms with van der Waals surface area (Å²) in [6, 6.07) is 9.05. The molecule has 0 bridgehead atoms. The highest BCUT2D eigenvalue weighted by Gasteiger charge is 2.26. The first-order valence-corrected chi connectivity index (χ1v) is 10.6. The third-order valence-corrected chi connectivity index (χ3v) is 7.01. The molecule has 1 amide bonds. The minimum Gasteiger partial charge on any atom is -0.349 e. The molecule has 1 heterocycles. The number of nitrogens with zero attached hydrogens (tertiary/aromatic N) is 1. The molecule has 0 spiro atoms. The zero-order chi connectivity index (χ0) is 19.5. The van der Waals surface area contributed by atoms with Crippen LogP contribution < -0.4 is 11.1 Å². The van der Waals surface area contributed by atoms with Crippen LogP contribution in [0.25, 0.3) is 0 Å². The first-order chi connectivity index (χ1) is 12.1. The van der Waals surface area contributed by atoms with E-state index < -0.39 is 15.9 Å². The van der Waals surface area contributed by atoms with E-state index in [2.05, 4.69) is 19.2 Å². The second-order valence-electron chi connectivity index (χ2n) is 6.54. The molecule has 1 aromatic heterocycles. The Morgan fingerprint density at radius 1 is 1.15 bits per heavy atom. The summed E-state index contributed by atoms with van der Waals surface area (Å²) in [6.45, 7) is 4.46. The molecule has 1 unspecified atom stereocenters. The fourth-order valence-corrected chi connectivity index (χ4v) is 4.60. The maximum absolute atomic E-state index is 12.4. The molecule has 0 aliphatic heterocycles. The molecule has 142 valence electrons. The van der Waals surface area contributed by atoms with Crippen molar-refractivity contribution in [2.45, 2.75) is 30.7 Å². The van der Waals surface area contributed by atoms with E-state index in [0.717, 1.165) is 21.2 Å². The van der Waals surface area contributed by atoms with Crippen LogP contribution in [0.4, 0.5) is 0 Å². The fourth-order valence-electron chi connectivity index (χ4n) is 2.39. The Labute approximate surface area is 159 Å². The Balaban J connectivity index is 2.06. The van der Waals surface area contributed by atoms with Crippen LogP contribution in [0.5, 0.6) is 0 Å². The highest BCUT2D eigenvalue weighted by molar-refractivity contribution is 7.89. The highest BCUT2D eigenvalue weighted by Crippen LogP contribution is 2.24. The molecule has 3 N–H and O–H groups in total. The van der Waals surface area contributed by atoms with E-state index in [0.29, 0.717) is 5.92 Å². The van der Waals surface area contributed by atoms with Crippen LogP contribution in [0.1, 0.15) is 46.6 Å². The fraction of sp³-hybridized carbons (Fsp3) is 0.389. The number of nitrogens with one attached hydrogen (secondary N) is 1. The lowest BCUT2D eigenvalue weighted by Gasteiger charge is -2.15. The first-order valence-electron chi connectivity index (χ1n) is 8.28. The van der Waals surface area contributed by atoms with Crippen molar-refractivity contribution in [1.82, 2.24) is 9.62 Å². The van der Waals surface area contributed by atoms with Crippen LogP contribution in [0.3, 0.4) is 0 Å². The quantitative estimate of drug-likeness (QED) is 0.753. The summed E-state index contributed by atoms with van der Waals surface area (Å²) in [4.78, 5) is 12.6. The molecule has 0 radical (unpaired) electrons. The van der Waals surface area contributed by atoms with Gasteiger partial charge in [-0.15, -0.1) is 11.3 Å². The van der Waals surface area contributed by atoms with Gasteiger partial charge in [-0.05, 0) is 28.5 Å². The number of rotatable bonds is 7. The molecule has 26 heavy (non-hydrogen) atoms. The topological polar surface area (TPSA) is 92.5 Å². The Morgan fingerprint density at radius 3 is 2.27 bits per heavy atom. The van der Waals surface area contributed by atoms with Gasteiger partial charge in [0.2, 0.25) is 10.0 Å². The van der Waals surface area contributed by atoms with Crippen LogP contribution >= 0.6 is 11.3 Å². The molecule has 6 nitrogen and oxygen atoms in total. The lowest BCUT2D eigenvalue weighted by Crippen LogP contribution is -2.33. The third-order valence-electron chi connectivity index (χ3n) is 4.11. The summed E-state index contributed by atoms with van der Waals surface area (Å²) in [5.74, 6) is 0.00514. The van der Waals surface area contributed by atoms with E-state index in [9.17, 15) is 13.2 Å². The minimum atomic E-state index is -3.66. The molecule has 1 atom stereocenters. The summed E-state index contributed by atoms with van der Waals surface area (Å²) in [5, 5.41) is 4.33. The van der Waals surface area contributed by atoms with Gasteiger partial charge in [-0.3, -0.25) is 4.79 Å². The molecule has 0 fully saturated rings. The van der Waals surface area contributed by atoms with Crippen LogP contribution in [-0.2, 0) is 10.0 Å². The van der Waals surface area contributed by atoms with E-state index in [1.165, 1.54) is 25.7 Å². The molecular weight excluding hydrogens is 370 g/mol. The second-order valence-corrected chi connectivity index (χ2v) is 9.58. The number of carbonyl (C=O) groups is 1. The molecule has 1 aromatic carbocycles. The monoisotopic (exact) mass is 395 g/mol. The molecule has 2 rings (SSSR count). The van der Waals surface area contributed by atoms with Gasteiger partial charge in [0, 0.05) is 26.7 Å². The summed E-state index contributed by atoms with van der Waals surface area (Å²) in [5.41, 5.74) is 8.30. The SMILES string of the molecule is CC(C)c1ccc(C(N)CNC(=O)c2sccc2S(=O)(=O)N(C)C)cc1. The summed E-state index contributed by atoms with van der Waals surface area (Å²) in [6.07, 6.45) is 0. The largest absolute Gasteiger partial charge is 0.349 e. The Morgan fingerprint density at radius 2 is 1.73 bits per heavy atom. The number of amides is 1. The number of thiophene rings is 1. The smallest absolute Gasteiger partial charge is 0.262 e. The van der Waals surface area contributed by atoms with Crippen molar-refractivity contribution in [3.63, 3.8) is 0 Å². The van der Waals surface area contributed by atoms with Crippen molar-refractivity contribution in [3.05, 3.63) is 51.7 Å². The van der Waals surface area contributed by atoms with E-state index in [1.807, 2.05) is 24.3 Å². The van der Waals surface area contributed by atoms with E-state index in [-0.39, 0.29) is 22.4 Å². The van der Waals surface area contributed by atoms with E-state index in [4.69, 9.17) is 5.73 Å². The molecule has 0 aliphatic carbocycles. The number of hydrogen-bond donors (Lipinski definition) is 2. The average molecular weight is 396 g/mol. The number of sulfonamides is 1. The molecule has 0 saturated heterocycles. The van der Waals surface area contributed by atoms with E-state index >= 15 is 0 Å². The maximum atomic E-state index is 12.4. The highest BCUT2D eigenvalue weighted by atomic mass is 32.2. The predicted octanol–water partition coefficient (Wildman–Crippen LogP) is 2.55. The van der Waals surface area contributed by atoms with Crippen LogP contribution in [0, 0.1) is 0 Å². The van der Waals surface area contributed by atoms with Crippen molar-refractivity contribution in [1.29, 1.82) is 0 Å². The van der Waals surface area contributed by atoms with Gasteiger partial charge in [-0.1, -0.05) is 38.1 Å². The van der Waals surface area contributed by atoms with Crippen molar-refractivity contribution in [2.75, 3.05) is 20.6 Å². The van der Waals surface area contributed by atoms with Gasteiger partial charge in [0.05, 0.1) is 0 Å². The molecule has 8 heteroatoms. The Bertz CT molecular complexity index is 856. The third kappa shape index (κ3) is 4.50. The van der Waals surface area contributed by atoms with Gasteiger partial charge in [-0.25, -0.2) is 12.7 Å². The maximum Gasteiger partial charge on any atom is 0.262 e. The molecular formula is C18H25N3O3S2. The zero-order valence-corrected chi connectivity index (χ0v) is 17.0. The average Bonchev–Trinajstić information content (AvgIpc) is 3.09. The van der Waals surface area contributed by atoms with E-state index in [1.54, 1.807) is 5.38 Å². The van der Waals surface area contributed by atoms with Gasteiger partial charge >= 0.3 is 0 Å². The number of carbonyl (C=O) groups excluding carboxylic acids is 1. The zero-order valence-electron chi connectivity index (χ0n) is 15.4. The first kappa shape index (κ1) is 20.6. The second kappa shape index (κ2) is 8.30. The summed E-state index contributed by atoms with van der Waals surface area (Å²) in [7, 11) is -0.789. The number of benzene rings is 1. The van der Waals surface area contributed by atoms with Crippen molar-refractivity contribution >= 4 is 27.3 Å².